The van der Waals surface area contributed by atoms with Gasteiger partial charge in [-0.05, 0) is 47.6 Å². The van der Waals surface area contributed by atoms with Gasteiger partial charge in [0.1, 0.15) is 41.7 Å². The van der Waals surface area contributed by atoms with Crippen molar-refractivity contribution in [3.8, 4) is 22.5 Å². The molecule has 5 heterocycles. The number of benzene rings is 3. The van der Waals surface area contributed by atoms with E-state index in [2.05, 4.69) is 30.0 Å². The van der Waals surface area contributed by atoms with Crippen LogP contribution in [0, 0.1) is 17.7 Å². The van der Waals surface area contributed by atoms with Crippen molar-refractivity contribution >= 4 is 56.7 Å². The molecule has 0 aliphatic carbocycles. The molecule has 4 amide bonds. The van der Waals surface area contributed by atoms with Crippen LogP contribution in [0.15, 0.2) is 64.1 Å². The lowest BCUT2D eigenvalue weighted by Crippen LogP contribution is -2.51. The van der Waals surface area contributed by atoms with Crippen LogP contribution in [0.3, 0.4) is 0 Å². The Morgan fingerprint density at radius 2 is 1.42 bits per heavy atom. The summed E-state index contributed by atoms with van der Waals surface area (Å²) < 4.78 is 56.7. The molecule has 0 spiro atoms. The Balaban J connectivity index is 1.08. The van der Waals surface area contributed by atoms with Crippen LogP contribution < -0.4 is 10.7 Å². The molecule has 3 aromatic carbocycles. The highest BCUT2D eigenvalue weighted by Crippen LogP contribution is 2.38. The predicted octanol–water partition coefficient (Wildman–Crippen LogP) is 7.26. The van der Waals surface area contributed by atoms with Crippen LogP contribution in [-0.2, 0) is 14.3 Å². The Morgan fingerprint density at radius 3 is 1.98 bits per heavy atom. The first-order valence-electron chi connectivity index (χ1n) is 20.9. The molecule has 2 fully saturated rings. The molecule has 0 saturated carbocycles. The zero-order valence-corrected chi connectivity index (χ0v) is 35.8. The molecule has 16 nitrogen and oxygen atoms in total. The normalized spacial score (nSPS) is 19.9. The summed E-state index contributed by atoms with van der Waals surface area (Å²) in [5, 5.41) is 12.9. The number of alkyl halides is 2. The second kappa shape index (κ2) is 17.0. The number of ether oxygens (including phenoxy) is 1. The van der Waals surface area contributed by atoms with Gasteiger partial charge < -0.3 is 39.3 Å². The predicted molar refractivity (Wildman–Crippen MR) is 229 cm³/mol. The summed E-state index contributed by atoms with van der Waals surface area (Å²) in [5.74, 6) is -1.85. The van der Waals surface area contributed by atoms with Crippen molar-refractivity contribution in [3.63, 3.8) is 0 Å². The maximum Gasteiger partial charge on any atom is 0.407 e. The van der Waals surface area contributed by atoms with Gasteiger partial charge in [0.15, 0.2) is 11.4 Å². The molecular weight excluding hydrogens is 838 g/mol. The second-order valence-corrected chi connectivity index (χ2v) is 17.1. The maximum atomic E-state index is 16.2. The average molecular weight is 885 g/mol. The molecule has 8 rings (SSSR count). The highest BCUT2D eigenvalue weighted by atomic mass is 19.1. The van der Waals surface area contributed by atoms with E-state index in [0.29, 0.717) is 33.7 Å². The van der Waals surface area contributed by atoms with Crippen LogP contribution in [0.5, 0.6) is 0 Å². The number of aromatic nitrogens is 4. The Bertz CT molecular complexity index is 2880. The number of fused-ring (bicyclic) bond motifs is 3. The number of aromatic amines is 2. The van der Waals surface area contributed by atoms with E-state index in [1.165, 1.54) is 48.5 Å². The lowest BCUT2D eigenvalue weighted by Gasteiger charge is -2.33. The Morgan fingerprint density at radius 1 is 0.844 bits per heavy atom. The molecule has 19 heteroatoms. The number of nitrogens with zero attached hydrogens (tertiary/aromatic N) is 5. The molecule has 2 saturated heterocycles. The summed E-state index contributed by atoms with van der Waals surface area (Å²) in [5.41, 5.74) is 1.42. The minimum atomic E-state index is -1.36. The number of amides is 4. The van der Waals surface area contributed by atoms with Gasteiger partial charge in [0, 0.05) is 36.4 Å². The van der Waals surface area contributed by atoms with Crippen LogP contribution >= 0.6 is 0 Å². The Hall–Kier alpha value is -6.92. The van der Waals surface area contributed by atoms with E-state index in [9.17, 15) is 37.9 Å². The van der Waals surface area contributed by atoms with Crippen LogP contribution in [0.1, 0.15) is 64.3 Å². The fourth-order valence-electron chi connectivity index (χ4n) is 8.94. The van der Waals surface area contributed by atoms with Gasteiger partial charge in [0.2, 0.25) is 17.2 Å². The van der Waals surface area contributed by atoms with Crippen molar-refractivity contribution in [2.24, 2.45) is 11.8 Å². The van der Waals surface area contributed by atoms with E-state index >= 15 is 4.39 Å². The van der Waals surface area contributed by atoms with Gasteiger partial charge in [0.25, 0.3) is 0 Å². The molecule has 0 bridgehead atoms. The standard InChI is InChI=1S/C45H47F3N8O8/c1-20(2)36(53-44(60)63-6)42(58)55-18-25(46)14-32(55)40-49-16-30(51-40)22-7-9-27-24(11-22)13-29-38(57)28-12-23(8-10-34(28)64-39(29)35(27)48)31-17-50-41(52-31)33-15-26(47)19-56(33)43(59)37(21(3)4)54(5)45(61)62/h7-13,16-17,20-21,25-26,32-33,36-37H,14-15,18-19H2,1-6H3,(H,49,51)(H,50,52)(H,53,60)(H,61,62)/t25-,26-,32+,33+,36+,37+/m1/s1. The molecular formula is C45H47F3N8O8. The number of alkyl carbamates (subject to hydrolysis) is 1. The van der Waals surface area contributed by atoms with Gasteiger partial charge in [-0.3, -0.25) is 19.3 Å². The summed E-state index contributed by atoms with van der Waals surface area (Å²) in [6.07, 6.45) is -1.80. The Kier molecular flexibility index (Phi) is 11.6. The lowest BCUT2D eigenvalue weighted by molar-refractivity contribution is -0.139. The molecule has 0 radical (unpaired) electrons. The average Bonchev–Trinajstić information content (AvgIpc) is 4.09. The monoisotopic (exact) mass is 884 g/mol. The first kappa shape index (κ1) is 43.7. The fourth-order valence-corrected chi connectivity index (χ4v) is 8.94. The highest BCUT2D eigenvalue weighted by Gasteiger charge is 2.44. The van der Waals surface area contributed by atoms with Gasteiger partial charge >= 0.3 is 12.2 Å². The molecule has 0 unspecified atom stereocenters. The summed E-state index contributed by atoms with van der Waals surface area (Å²) >= 11 is 0. The van der Waals surface area contributed by atoms with Crippen molar-refractivity contribution in [2.75, 3.05) is 27.2 Å². The number of H-pyrrole nitrogens is 2. The van der Waals surface area contributed by atoms with Gasteiger partial charge in [-0.15, -0.1) is 0 Å². The van der Waals surface area contributed by atoms with Crippen molar-refractivity contribution in [2.45, 2.75) is 77.0 Å². The van der Waals surface area contributed by atoms with E-state index < -0.39 is 71.8 Å². The first-order valence-corrected chi connectivity index (χ1v) is 20.9. The number of carbonyl (C=O) groups is 4. The second-order valence-electron chi connectivity index (χ2n) is 17.1. The van der Waals surface area contributed by atoms with Crippen molar-refractivity contribution in [1.29, 1.82) is 0 Å². The fraction of sp³-hybridized carbons (Fsp3) is 0.400. The molecule has 6 atom stereocenters. The van der Waals surface area contributed by atoms with Crippen molar-refractivity contribution in [1.82, 2.24) is 40.0 Å². The summed E-state index contributed by atoms with van der Waals surface area (Å²) in [6.45, 7) is 6.53. The van der Waals surface area contributed by atoms with Crippen LogP contribution in [0.2, 0.25) is 0 Å². The highest BCUT2D eigenvalue weighted by molar-refractivity contribution is 6.01. The summed E-state index contributed by atoms with van der Waals surface area (Å²) in [6, 6.07) is 7.63. The zero-order valence-electron chi connectivity index (χ0n) is 35.8. The number of likely N-dealkylation sites (tertiary alicyclic amines) is 2. The maximum absolute atomic E-state index is 16.2. The lowest BCUT2D eigenvalue weighted by atomic mass is 10.0. The number of methoxy groups -OCH3 is 1. The molecule has 4 N–H and O–H groups in total. The molecule has 2 aliphatic rings. The smallest absolute Gasteiger partial charge is 0.407 e. The number of nitrogens with one attached hydrogen (secondary N) is 3. The van der Waals surface area contributed by atoms with E-state index in [-0.39, 0.29) is 70.9 Å². The van der Waals surface area contributed by atoms with Gasteiger partial charge in [-0.1, -0.05) is 39.8 Å². The van der Waals surface area contributed by atoms with Crippen LogP contribution in [0.4, 0.5) is 22.8 Å². The topological polar surface area (TPSA) is 207 Å². The molecule has 64 heavy (non-hydrogen) atoms. The number of hydrogen-bond donors (Lipinski definition) is 4. The minimum Gasteiger partial charge on any atom is -0.465 e. The molecule has 3 aromatic heterocycles. The Labute approximate surface area is 363 Å². The third-order valence-electron chi connectivity index (χ3n) is 12.2. The van der Waals surface area contributed by atoms with E-state index in [4.69, 9.17) is 4.42 Å². The number of imidazole rings is 2. The van der Waals surface area contributed by atoms with E-state index in [0.717, 1.165) is 4.90 Å². The summed E-state index contributed by atoms with van der Waals surface area (Å²) in [7, 11) is 2.49. The number of likely N-dealkylation sites (N-methyl/N-ethyl adjacent to an activating group) is 1. The third kappa shape index (κ3) is 7.87. The van der Waals surface area contributed by atoms with Gasteiger partial charge in [-0.25, -0.2) is 32.7 Å². The number of hydrogen-bond acceptors (Lipinski definition) is 9. The minimum absolute atomic E-state index is 0.0168. The number of halogens is 3. The summed E-state index contributed by atoms with van der Waals surface area (Å²) in [4.78, 5) is 84.1. The number of carboxylic acid groups (broad SMARTS) is 1. The molecule has 2 aliphatic heterocycles. The van der Waals surface area contributed by atoms with E-state index in [1.54, 1.807) is 58.0 Å². The molecule has 336 valence electrons. The van der Waals surface area contributed by atoms with Gasteiger partial charge in [-0.2, -0.15) is 0 Å². The first-order chi connectivity index (χ1) is 30.4. The largest absolute Gasteiger partial charge is 0.465 e. The van der Waals surface area contributed by atoms with Crippen molar-refractivity contribution in [3.05, 3.63) is 82.5 Å². The molecule has 6 aromatic rings. The third-order valence-corrected chi connectivity index (χ3v) is 12.2. The quantitative estimate of drug-likeness (QED) is 0.101. The van der Waals surface area contributed by atoms with Crippen LogP contribution in [0.25, 0.3) is 55.2 Å². The number of rotatable bonds is 10. The van der Waals surface area contributed by atoms with Crippen LogP contribution in [-0.4, -0.2) is 115 Å². The number of carbonyl (C=O) groups excluding carboxylic acids is 3. The van der Waals surface area contributed by atoms with Crippen molar-refractivity contribution < 1.29 is 46.6 Å². The van der Waals surface area contributed by atoms with E-state index in [1.807, 2.05) is 0 Å². The van der Waals surface area contributed by atoms with Gasteiger partial charge in [0.05, 0.1) is 66.8 Å². The zero-order chi connectivity index (χ0) is 45.9. The SMILES string of the molecule is COC(=O)N[C@H](C(=O)N1C[C@H](F)C[C@H]1c1ncc(-c2ccc3c(F)c4oc5ccc(-c6cnc([C@@H]7C[C@@H](F)CN7C(=O)[C@H](C(C)C)N(C)C(=O)O)[nH]6)cc5c(=O)c4cc3c2)[nH]1)C(C)C.